The zero-order valence-corrected chi connectivity index (χ0v) is 23.7. The SMILES string of the molecule is CC(C)n1cc(C(=O)NC[C@H](NC(=O)c2c(Cl)cc3c(c2Cl)CCN(C(=O)c2ccc(Cl)cc2)C3)C(=O)O)nn1. The summed E-state index contributed by atoms with van der Waals surface area (Å²) in [5.74, 6) is -3.02. The van der Waals surface area contributed by atoms with Crippen LogP contribution in [0.5, 0.6) is 0 Å². The first-order valence-electron chi connectivity index (χ1n) is 12.2. The van der Waals surface area contributed by atoms with Crippen LogP contribution in [0.4, 0.5) is 0 Å². The maximum atomic E-state index is 13.1. The largest absolute Gasteiger partial charge is 0.480 e. The van der Waals surface area contributed by atoms with Crippen LogP contribution in [0.1, 0.15) is 62.2 Å². The van der Waals surface area contributed by atoms with Crippen LogP contribution < -0.4 is 10.6 Å². The molecule has 0 bridgehead atoms. The van der Waals surface area contributed by atoms with Crippen molar-refractivity contribution in [3.8, 4) is 0 Å². The quantitative estimate of drug-likeness (QED) is 0.354. The molecule has 40 heavy (non-hydrogen) atoms. The number of amides is 3. The van der Waals surface area contributed by atoms with Crippen LogP contribution in [-0.2, 0) is 17.8 Å². The first-order chi connectivity index (χ1) is 19.0. The van der Waals surface area contributed by atoms with Crippen LogP contribution >= 0.6 is 34.8 Å². The second kappa shape index (κ2) is 12.2. The van der Waals surface area contributed by atoms with Gasteiger partial charge in [0.15, 0.2) is 5.69 Å². The lowest BCUT2D eigenvalue weighted by Gasteiger charge is -2.30. The zero-order valence-electron chi connectivity index (χ0n) is 21.5. The number of carboxylic acids is 1. The highest BCUT2D eigenvalue weighted by atomic mass is 35.5. The second-order valence-electron chi connectivity index (χ2n) is 9.42. The van der Waals surface area contributed by atoms with E-state index in [2.05, 4.69) is 20.9 Å². The van der Waals surface area contributed by atoms with E-state index < -0.39 is 30.4 Å². The summed E-state index contributed by atoms with van der Waals surface area (Å²) in [6.45, 7) is 3.88. The van der Waals surface area contributed by atoms with Gasteiger partial charge < -0.3 is 20.6 Å². The van der Waals surface area contributed by atoms with Crippen molar-refractivity contribution in [1.82, 2.24) is 30.5 Å². The second-order valence-corrected chi connectivity index (χ2v) is 10.6. The molecule has 0 spiro atoms. The van der Waals surface area contributed by atoms with Crippen molar-refractivity contribution in [2.45, 2.75) is 38.9 Å². The van der Waals surface area contributed by atoms with Crippen LogP contribution in [0.15, 0.2) is 36.5 Å². The number of carboxylic acid groups (broad SMARTS) is 1. The monoisotopic (exact) mass is 606 g/mol. The van der Waals surface area contributed by atoms with Crippen molar-refractivity contribution in [1.29, 1.82) is 0 Å². The van der Waals surface area contributed by atoms with E-state index in [9.17, 15) is 24.3 Å². The molecule has 3 N–H and O–H groups in total. The Morgan fingerprint density at radius 2 is 1.77 bits per heavy atom. The van der Waals surface area contributed by atoms with E-state index in [1.807, 2.05) is 13.8 Å². The van der Waals surface area contributed by atoms with E-state index in [-0.39, 0.29) is 39.8 Å². The predicted molar refractivity (Wildman–Crippen MR) is 148 cm³/mol. The zero-order chi connectivity index (χ0) is 29.1. The fraction of sp³-hybridized carbons (Fsp3) is 0.308. The Labute approximate surface area is 244 Å². The fourth-order valence-corrected chi connectivity index (χ4v) is 5.05. The molecule has 0 saturated heterocycles. The van der Waals surface area contributed by atoms with E-state index in [0.717, 1.165) is 0 Å². The first kappa shape index (κ1) is 29.3. The number of hydrogen-bond donors (Lipinski definition) is 3. The molecule has 2 heterocycles. The van der Waals surface area contributed by atoms with Crippen LogP contribution in [0.3, 0.4) is 0 Å². The highest BCUT2D eigenvalue weighted by Gasteiger charge is 2.30. The predicted octanol–water partition coefficient (Wildman–Crippen LogP) is 3.63. The molecule has 1 aliphatic rings. The molecular weight excluding hydrogens is 583 g/mol. The van der Waals surface area contributed by atoms with Crippen LogP contribution in [0.2, 0.25) is 15.1 Å². The number of nitrogens with one attached hydrogen (secondary N) is 2. The number of fused-ring (bicyclic) bond motifs is 1. The number of carbonyl (C=O) groups excluding carboxylic acids is 3. The molecule has 4 rings (SSSR count). The maximum absolute atomic E-state index is 13.1. The third-order valence-corrected chi connectivity index (χ3v) is 7.32. The third-order valence-electron chi connectivity index (χ3n) is 6.35. The van der Waals surface area contributed by atoms with Crippen LogP contribution in [-0.4, -0.2) is 67.8 Å². The molecule has 0 aliphatic carbocycles. The first-order valence-corrected chi connectivity index (χ1v) is 13.4. The molecule has 0 fully saturated rings. The van der Waals surface area contributed by atoms with Gasteiger partial charge in [0.2, 0.25) is 0 Å². The minimum Gasteiger partial charge on any atom is -0.480 e. The van der Waals surface area contributed by atoms with Gasteiger partial charge in [0.05, 0.1) is 21.8 Å². The van der Waals surface area contributed by atoms with Gasteiger partial charge >= 0.3 is 5.97 Å². The van der Waals surface area contributed by atoms with Gasteiger partial charge in [0.1, 0.15) is 6.04 Å². The molecule has 210 valence electrons. The Bertz CT molecular complexity index is 1470. The molecule has 0 unspecified atom stereocenters. The Hall–Kier alpha value is -3.67. The lowest BCUT2D eigenvalue weighted by Crippen LogP contribution is -2.48. The Morgan fingerprint density at radius 3 is 2.40 bits per heavy atom. The highest BCUT2D eigenvalue weighted by molar-refractivity contribution is 6.40. The van der Waals surface area contributed by atoms with Gasteiger partial charge in [0.25, 0.3) is 17.7 Å². The molecule has 3 aromatic rings. The number of aliphatic carboxylic acids is 1. The van der Waals surface area contributed by atoms with Crippen molar-refractivity contribution in [3.05, 3.63) is 79.5 Å². The summed E-state index contributed by atoms with van der Waals surface area (Å²) in [4.78, 5) is 51.9. The molecule has 14 heteroatoms. The number of halogens is 3. The number of aromatic nitrogens is 3. The maximum Gasteiger partial charge on any atom is 0.328 e. The summed E-state index contributed by atoms with van der Waals surface area (Å²) in [5.41, 5.74) is 1.73. The molecule has 1 aromatic heterocycles. The molecular formula is C26H25Cl3N6O5. The third kappa shape index (κ3) is 6.38. The lowest BCUT2D eigenvalue weighted by molar-refractivity contribution is -0.139. The lowest BCUT2D eigenvalue weighted by atomic mass is 9.96. The van der Waals surface area contributed by atoms with Crippen molar-refractivity contribution in [3.63, 3.8) is 0 Å². The van der Waals surface area contributed by atoms with E-state index in [4.69, 9.17) is 34.8 Å². The average molecular weight is 608 g/mol. The number of carbonyl (C=O) groups is 4. The van der Waals surface area contributed by atoms with Gasteiger partial charge in [-0.15, -0.1) is 5.10 Å². The minimum atomic E-state index is -1.48. The van der Waals surface area contributed by atoms with Gasteiger partial charge in [-0.1, -0.05) is 40.0 Å². The summed E-state index contributed by atoms with van der Waals surface area (Å²) in [7, 11) is 0. The number of hydrogen-bond acceptors (Lipinski definition) is 6. The van der Waals surface area contributed by atoms with Gasteiger partial charge in [-0.25, -0.2) is 9.48 Å². The van der Waals surface area contributed by atoms with Gasteiger partial charge in [-0.2, -0.15) is 0 Å². The molecule has 0 radical (unpaired) electrons. The van der Waals surface area contributed by atoms with Gasteiger partial charge in [0, 0.05) is 36.3 Å². The summed E-state index contributed by atoms with van der Waals surface area (Å²) in [6, 6.07) is 6.62. The summed E-state index contributed by atoms with van der Waals surface area (Å²) in [6.07, 6.45) is 1.80. The van der Waals surface area contributed by atoms with Crippen molar-refractivity contribution < 1.29 is 24.3 Å². The molecule has 1 atom stereocenters. The van der Waals surface area contributed by atoms with Crippen molar-refractivity contribution >= 4 is 58.5 Å². The average Bonchev–Trinajstić information content (AvgIpc) is 3.41. The number of nitrogens with zero attached hydrogens (tertiary/aromatic N) is 4. The Morgan fingerprint density at radius 1 is 1.07 bits per heavy atom. The summed E-state index contributed by atoms with van der Waals surface area (Å²) in [5, 5.41) is 22.7. The van der Waals surface area contributed by atoms with Gasteiger partial charge in [-0.3, -0.25) is 14.4 Å². The summed E-state index contributed by atoms with van der Waals surface area (Å²) < 4.78 is 1.48. The number of benzene rings is 2. The normalized spacial score (nSPS) is 13.5. The van der Waals surface area contributed by atoms with E-state index in [0.29, 0.717) is 34.7 Å². The molecule has 11 nitrogen and oxygen atoms in total. The molecule has 3 amide bonds. The van der Waals surface area contributed by atoms with E-state index >= 15 is 0 Å². The molecule has 2 aromatic carbocycles. The Balaban J connectivity index is 1.45. The van der Waals surface area contributed by atoms with E-state index in [1.165, 1.54) is 10.9 Å². The van der Waals surface area contributed by atoms with Gasteiger partial charge in [-0.05, 0) is 61.7 Å². The van der Waals surface area contributed by atoms with Crippen LogP contribution in [0.25, 0.3) is 0 Å². The van der Waals surface area contributed by atoms with Crippen LogP contribution in [0, 0.1) is 0 Å². The van der Waals surface area contributed by atoms with E-state index in [1.54, 1.807) is 35.2 Å². The Kier molecular flexibility index (Phi) is 8.97. The smallest absolute Gasteiger partial charge is 0.328 e. The summed E-state index contributed by atoms with van der Waals surface area (Å²) >= 11 is 18.9. The number of rotatable bonds is 8. The molecule has 0 saturated carbocycles. The highest BCUT2D eigenvalue weighted by Crippen LogP contribution is 2.35. The van der Waals surface area contributed by atoms with Crippen molar-refractivity contribution in [2.75, 3.05) is 13.1 Å². The fourth-order valence-electron chi connectivity index (χ4n) is 4.16. The van der Waals surface area contributed by atoms with Crippen molar-refractivity contribution in [2.24, 2.45) is 0 Å². The standard InChI is InChI=1S/C26H25Cl3N6O5/c1-13(2)35-12-20(32-33-35)23(36)30-10-19(26(39)40)31-24(37)21-18(28)9-15-11-34(8-7-17(15)22(21)29)25(38)14-3-5-16(27)6-4-14/h3-6,9,12-13,19H,7-8,10-11H2,1-2H3,(H,30,36)(H,31,37)(H,39,40)/t19-/m0/s1. The topological polar surface area (TPSA) is 147 Å². The minimum absolute atomic E-state index is 0.000478. The molecule has 1 aliphatic heterocycles.